The zero-order valence-corrected chi connectivity index (χ0v) is 12.1. The van der Waals surface area contributed by atoms with Crippen molar-refractivity contribution in [3.63, 3.8) is 0 Å². The molecule has 0 unspecified atom stereocenters. The molecule has 4 nitrogen and oxygen atoms in total. The van der Waals surface area contributed by atoms with E-state index in [1.807, 2.05) is 12.1 Å². The highest BCUT2D eigenvalue weighted by atomic mass is 16.1. The van der Waals surface area contributed by atoms with Crippen LogP contribution in [0.5, 0.6) is 0 Å². The number of pyridine rings is 1. The topological polar surface area (TPSA) is 45.2 Å². The van der Waals surface area contributed by atoms with Crippen LogP contribution in [-0.4, -0.2) is 35.4 Å². The first-order valence-corrected chi connectivity index (χ1v) is 7.14. The summed E-state index contributed by atoms with van der Waals surface area (Å²) in [6.07, 6.45) is 6.33. The predicted octanol–water partition coefficient (Wildman–Crippen LogP) is 2.21. The van der Waals surface area contributed by atoms with Gasteiger partial charge in [-0.05, 0) is 43.6 Å². The third-order valence-corrected chi connectivity index (χ3v) is 2.97. The van der Waals surface area contributed by atoms with Gasteiger partial charge >= 0.3 is 0 Å². The maximum Gasteiger partial charge on any atom is 0.221 e. The van der Waals surface area contributed by atoms with E-state index in [4.69, 9.17) is 0 Å². The number of nitrogens with one attached hydrogen (secondary N) is 1. The van der Waals surface area contributed by atoms with Crippen LogP contribution in [0.2, 0.25) is 0 Å². The van der Waals surface area contributed by atoms with Gasteiger partial charge in [0.05, 0.1) is 0 Å². The van der Waals surface area contributed by atoms with Crippen LogP contribution < -0.4 is 5.32 Å². The van der Waals surface area contributed by atoms with E-state index < -0.39 is 0 Å². The summed E-state index contributed by atoms with van der Waals surface area (Å²) in [5.74, 6) is 0.119. The van der Waals surface area contributed by atoms with Crippen molar-refractivity contribution in [3.8, 4) is 0 Å². The molecule has 0 aliphatic carbocycles. The number of nitrogens with zero attached hydrogens (tertiary/aromatic N) is 2. The third-order valence-electron chi connectivity index (χ3n) is 2.97. The first-order valence-electron chi connectivity index (χ1n) is 7.14. The van der Waals surface area contributed by atoms with Crippen molar-refractivity contribution in [2.45, 2.75) is 39.7 Å². The molecule has 106 valence electrons. The van der Waals surface area contributed by atoms with Crippen molar-refractivity contribution in [2.24, 2.45) is 0 Å². The zero-order valence-electron chi connectivity index (χ0n) is 12.1. The molecule has 0 aliphatic heterocycles. The van der Waals surface area contributed by atoms with Crippen LogP contribution in [0.25, 0.3) is 0 Å². The van der Waals surface area contributed by atoms with Gasteiger partial charge in [0.2, 0.25) is 5.91 Å². The first-order chi connectivity index (χ1) is 9.26. The van der Waals surface area contributed by atoms with Gasteiger partial charge in [0.1, 0.15) is 0 Å². The van der Waals surface area contributed by atoms with E-state index in [-0.39, 0.29) is 5.91 Å². The normalized spacial score (nSPS) is 10.7. The lowest BCUT2D eigenvalue weighted by atomic mass is 10.2. The molecule has 0 fully saturated rings. The fourth-order valence-corrected chi connectivity index (χ4v) is 2.02. The standard InChI is InChI=1S/C15H25N3O/c1-3-10-18(11-4-2)12-7-15(19)17-13-14-5-8-16-9-6-14/h5-6,8-9H,3-4,7,10-13H2,1-2H3,(H,17,19). The second-order valence-electron chi connectivity index (χ2n) is 4.72. The van der Waals surface area contributed by atoms with Crippen LogP contribution in [-0.2, 0) is 11.3 Å². The van der Waals surface area contributed by atoms with Gasteiger partial charge in [0.15, 0.2) is 0 Å². The molecule has 1 heterocycles. The summed E-state index contributed by atoms with van der Waals surface area (Å²) in [5.41, 5.74) is 1.09. The quantitative estimate of drug-likeness (QED) is 0.743. The van der Waals surface area contributed by atoms with Crippen molar-refractivity contribution in [2.75, 3.05) is 19.6 Å². The molecule has 0 aromatic carbocycles. The second-order valence-corrected chi connectivity index (χ2v) is 4.72. The summed E-state index contributed by atoms with van der Waals surface area (Å²) in [6, 6.07) is 3.83. The number of carbonyl (C=O) groups excluding carboxylic acids is 1. The van der Waals surface area contributed by atoms with Crippen LogP contribution in [0.3, 0.4) is 0 Å². The van der Waals surface area contributed by atoms with E-state index in [0.717, 1.165) is 38.0 Å². The highest BCUT2D eigenvalue weighted by Gasteiger charge is 2.06. The lowest BCUT2D eigenvalue weighted by Gasteiger charge is -2.20. The zero-order chi connectivity index (χ0) is 13.9. The molecule has 1 aromatic rings. The summed E-state index contributed by atoms with van der Waals surface area (Å²) < 4.78 is 0. The van der Waals surface area contributed by atoms with Crippen LogP contribution in [0.4, 0.5) is 0 Å². The van der Waals surface area contributed by atoms with Crippen molar-refractivity contribution < 1.29 is 4.79 Å². The Morgan fingerprint density at radius 2 is 1.79 bits per heavy atom. The molecule has 0 atom stereocenters. The van der Waals surface area contributed by atoms with Gasteiger partial charge in [-0.2, -0.15) is 0 Å². The Kier molecular flexibility index (Phi) is 7.82. The first kappa shape index (κ1) is 15.6. The summed E-state index contributed by atoms with van der Waals surface area (Å²) in [4.78, 5) is 18.1. The maximum absolute atomic E-state index is 11.8. The molecular formula is C15H25N3O. The molecule has 1 N–H and O–H groups in total. The molecule has 19 heavy (non-hydrogen) atoms. The Labute approximate surface area is 116 Å². The lowest BCUT2D eigenvalue weighted by Crippen LogP contribution is -2.31. The highest BCUT2D eigenvalue weighted by Crippen LogP contribution is 1.98. The molecule has 1 aromatic heterocycles. The molecule has 0 radical (unpaired) electrons. The molecule has 0 spiro atoms. The molecule has 0 saturated heterocycles. The minimum Gasteiger partial charge on any atom is -0.352 e. The van der Waals surface area contributed by atoms with Gasteiger partial charge in [0.25, 0.3) is 0 Å². The Balaban J connectivity index is 2.23. The Morgan fingerprint density at radius 3 is 2.37 bits per heavy atom. The minimum absolute atomic E-state index is 0.119. The minimum atomic E-state index is 0.119. The van der Waals surface area contributed by atoms with Crippen molar-refractivity contribution in [1.29, 1.82) is 0 Å². The number of rotatable bonds is 9. The fourth-order valence-electron chi connectivity index (χ4n) is 2.02. The van der Waals surface area contributed by atoms with E-state index in [2.05, 4.69) is 29.0 Å². The van der Waals surface area contributed by atoms with E-state index in [0.29, 0.717) is 13.0 Å². The van der Waals surface area contributed by atoms with E-state index in [1.54, 1.807) is 12.4 Å². The van der Waals surface area contributed by atoms with E-state index in [1.165, 1.54) is 0 Å². The van der Waals surface area contributed by atoms with Gasteiger partial charge in [-0.15, -0.1) is 0 Å². The summed E-state index contributed by atoms with van der Waals surface area (Å²) >= 11 is 0. The summed E-state index contributed by atoms with van der Waals surface area (Å²) in [6.45, 7) is 7.93. The predicted molar refractivity (Wildman–Crippen MR) is 77.7 cm³/mol. The molecule has 0 bridgehead atoms. The number of aromatic nitrogens is 1. The Bertz CT molecular complexity index is 348. The fraction of sp³-hybridized carbons (Fsp3) is 0.600. The number of carbonyl (C=O) groups is 1. The van der Waals surface area contributed by atoms with E-state index in [9.17, 15) is 4.79 Å². The second kappa shape index (κ2) is 9.50. The molecule has 0 aliphatic rings. The number of hydrogen-bond acceptors (Lipinski definition) is 3. The third kappa shape index (κ3) is 6.91. The smallest absolute Gasteiger partial charge is 0.221 e. The van der Waals surface area contributed by atoms with Crippen LogP contribution in [0, 0.1) is 0 Å². The summed E-state index contributed by atoms with van der Waals surface area (Å²) in [5, 5.41) is 2.95. The molecule has 4 heteroatoms. The SMILES string of the molecule is CCCN(CCC)CCC(=O)NCc1ccncc1. The van der Waals surface area contributed by atoms with Gasteiger partial charge in [-0.3, -0.25) is 9.78 Å². The van der Waals surface area contributed by atoms with Crippen molar-refractivity contribution in [3.05, 3.63) is 30.1 Å². The highest BCUT2D eigenvalue weighted by molar-refractivity contribution is 5.76. The van der Waals surface area contributed by atoms with E-state index >= 15 is 0 Å². The van der Waals surface area contributed by atoms with Gasteiger partial charge in [0, 0.05) is 31.9 Å². The average Bonchev–Trinajstić information content (AvgIpc) is 2.44. The molecule has 1 amide bonds. The maximum atomic E-state index is 11.8. The number of amides is 1. The molecule has 0 saturated carbocycles. The van der Waals surface area contributed by atoms with Gasteiger partial charge < -0.3 is 10.2 Å². The lowest BCUT2D eigenvalue weighted by molar-refractivity contribution is -0.121. The summed E-state index contributed by atoms with van der Waals surface area (Å²) in [7, 11) is 0. The van der Waals surface area contributed by atoms with Crippen LogP contribution in [0.15, 0.2) is 24.5 Å². The van der Waals surface area contributed by atoms with Gasteiger partial charge in [-0.1, -0.05) is 13.8 Å². The van der Waals surface area contributed by atoms with Crippen LogP contribution >= 0.6 is 0 Å². The Hall–Kier alpha value is -1.42. The monoisotopic (exact) mass is 263 g/mol. The molecule has 1 rings (SSSR count). The average molecular weight is 263 g/mol. The van der Waals surface area contributed by atoms with Crippen molar-refractivity contribution in [1.82, 2.24) is 15.2 Å². The van der Waals surface area contributed by atoms with Gasteiger partial charge in [-0.25, -0.2) is 0 Å². The van der Waals surface area contributed by atoms with Crippen molar-refractivity contribution >= 4 is 5.91 Å². The largest absolute Gasteiger partial charge is 0.352 e. The number of hydrogen-bond donors (Lipinski definition) is 1. The Morgan fingerprint density at radius 1 is 1.16 bits per heavy atom. The molecular weight excluding hydrogens is 238 g/mol. The van der Waals surface area contributed by atoms with Crippen LogP contribution in [0.1, 0.15) is 38.7 Å².